The van der Waals surface area contributed by atoms with Gasteiger partial charge >= 0.3 is 5.97 Å². The lowest BCUT2D eigenvalue weighted by Crippen LogP contribution is -2.34. The van der Waals surface area contributed by atoms with Crippen LogP contribution in [-0.4, -0.2) is 33.1 Å². The highest BCUT2D eigenvalue weighted by Gasteiger charge is 2.24. The summed E-state index contributed by atoms with van der Waals surface area (Å²) in [7, 11) is -2.79. The van der Waals surface area contributed by atoms with E-state index in [0.717, 1.165) is 12.1 Å². The first-order valence-electron chi connectivity index (χ1n) is 6.73. The van der Waals surface area contributed by atoms with E-state index in [0.29, 0.717) is 6.42 Å². The van der Waals surface area contributed by atoms with E-state index in [9.17, 15) is 17.6 Å². The number of nitrogens with one attached hydrogen (secondary N) is 1. The quantitative estimate of drug-likeness (QED) is 0.757. The van der Waals surface area contributed by atoms with Crippen LogP contribution < -0.4 is 9.46 Å². The molecular weight excluding hydrogens is 313 g/mol. The number of hydrogen-bond donors (Lipinski definition) is 2. The van der Waals surface area contributed by atoms with Gasteiger partial charge in [-0.2, -0.15) is 0 Å². The third kappa shape index (κ3) is 4.96. The molecule has 0 spiro atoms. The van der Waals surface area contributed by atoms with Gasteiger partial charge < -0.3 is 9.84 Å². The monoisotopic (exact) mass is 333 g/mol. The maximum atomic E-state index is 13.8. The second-order valence-electron chi connectivity index (χ2n) is 5.31. The number of benzene rings is 1. The van der Waals surface area contributed by atoms with Crippen LogP contribution >= 0.6 is 0 Å². The molecule has 8 heteroatoms. The van der Waals surface area contributed by atoms with Gasteiger partial charge in [0.2, 0.25) is 10.0 Å². The number of rotatable bonds is 8. The molecule has 124 valence electrons. The Labute approximate surface area is 129 Å². The summed E-state index contributed by atoms with van der Waals surface area (Å²) in [5.74, 6) is -2.62. The topological polar surface area (TPSA) is 92.7 Å². The summed E-state index contributed by atoms with van der Waals surface area (Å²) < 4.78 is 44.9. The van der Waals surface area contributed by atoms with Crippen LogP contribution in [0, 0.1) is 17.7 Å². The van der Waals surface area contributed by atoms with E-state index in [1.807, 2.05) is 13.8 Å². The maximum absolute atomic E-state index is 13.8. The average molecular weight is 333 g/mol. The molecule has 2 N–H and O–H groups in total. The number of carboxylic acid groups (broad SMARTS) is 1. The number of aliphatic carboxylic acids is 1. The molecule has 1 unspecified atom stereocenters. The molecule has 0 saturated carbocycles. The highest BCUT2D eigenvalue weighted by atomic mass is 32.2. The van der Waals surface area contributed by atoms with Crippen LogP contribution in [0.15, 0.2) is 23.1 Å². The molecule has 0 aliphatic rings. The van der Waals surface area contributed by atoms with Crippen molar-refractivity contribution < 1.29 is 27.4 Å². The molecule has 1 aromatic carbocycles. The number of sulfonamides is 1. The molecule has 22 heavy (non-hydrogen) atoms. The van der Waals surface area contributed by atoms with Gasteiger partial charge in [-0.1, -0.05) is 13.8 Å². The van der Waals surface area contributed by atoms with Crippen molar-refractivity contribution in [3.8, 4) is 5.75 Å². The van der Waals surface area contributed by atoms with Crippen LogP contribution in [0.4, 0.5) is 4.39 Å². The van der Waals surface area contributed by atoms with E-state index in [4.69, 9.17) is 9.84 Å². The number of carbonyl (C=O) groups is 1. The van der Waals surface area contributed by atoms with Crippen molar-refractivity contribution in [3.63, 3.8) is 0 Å². The Hall–Kier alpha value is -1.67. The third-order valence-corrected chi connectivity index (χ3v) is 4.51. The molecule has 0 fully saturated rings. The molecule has 1 atom stereocenters. The minimum absolute atomic E-state index is 0.100. The summed E-state index contributed by atoms with van der Waals surface area (Å²) in [6.07, 6.45) is 0.322. The molecule has 0 aliphatic heterocycles. The van der Waals surface area contributed by atoms with Crippen molar-refractivity contribution in [3.05, 3.63) is 24.0 Å². The summed E-state index contributed by atoms with van der Waals surface area (Å²) in [6, 6.07) is 3.35. The van der Waals surface area contributed by atoms with Crippen LogP contribution in [0.25, 0.3) is 0 Å². The minimum Gasteiger partial charge on any atom is -0.497 e. The Morgan fingerprint density at radius 3 is 2.50 bits per heavy atom. The van der Waals surface area contributed by atoms with Crippen molar-refractivity contribution in [1.29, 1.82) is 0 Å². The number of hydrogen-bond acceptors (Lipinski definition) is 4. The van der Waals surface area contributed by atoms with E-state index < -0.39 is 32.6 Å². The van der Waals surface area contributed by atoms with Gasteiger partial charge in [-0.05, 0) is 24.5 Å². The Morgan fingerprint density at radius 1 is 1.41 bits per heavy atom. The summed E-state index contributed by atoms with van der Waals surface area (Å²) in [6.45, 7) is 3.39. The molecular formula is C14H20FNO5S. The van der Waals surface area contributed by atoms with Gasteiger partial charge in [-0.25, -0.2) is 17.5 Å². The van der Waals surface area contributed by atoms with Gasteiger partial charge in [0.1, 0.15) is 16.5 Å². The molecule has 0 bridgehead atoms. The second kappa shape index (κ2) is 7.55. The molecule has 0 aliphatic carbocycles. The van der Waals surface area contributed by atoms with Crippen molar-refractivity contribution in [2.75, 3.05) is 13.7 Å². The molecule has 0 amide bonds. The first-order chi connectivity index (χ1) is 10.2. The van der Waals surface area contributed by atoms with E-state index >= 15 is 0 Å². The fourth-order valence-corrected chi connectivity index (χ4v) is 3.09. The summed E-state index contributed by atoms with van der Waals surface area (Å²) >= 11 is 0. The molecule has 1 rings (SSSR count). The van der Waals surface area contributed by atoms with Crippen LogP contribution in [0.1, 0.15) is 20.3 Å². The SMILES string of the molecule is COc1ccc(S(=O)(=O)NCC(CC(C)C)C(=O)O)c(F)c1. The van der Waals surface area contributed by atoms with Gasteiger partial charge in [-0.15, -0.1) is 0 Å². The van der Waals surface area contributed by atoms with Gasteiger partial charge in [0.15, 0.2) is 0 Å². The highest BCUT2D eigenvalue weighted by Crippen LogP contribution is 2.20. The van der Waals surface area contributed by atoms with Gasteiger partial charge in [0.25, 0.3) is 0 Å². The lowest BCUT2D eigenvalue weighted by Gasteiger charge is -2.16. The normalized spacial score (nSPS) is 13.1. The van der Waals surface area contributed by atoms with Gasteiger partial charge in [-0.3, -0.25) is 4.79 Å². The molecule has 0 saturated heterocycles. The van der Waals surface area contributed by atoms with Crippen LogP contribution in [0.5, 0.6) is 5.75 Å². The fourth-order valence-electron chi connectivity index (χ4n) is 1.96. The predicted molar refractivity (Wildman–Crippen MR) is 78.7 cm³/mol. The molecule has 0 aromatic heterocycles. The van der Waals surface area contributed by atoms with Gasteiger partial charge in [0, 0.05) is 12.6 Å². The molecule has 6 nitrogen and oxygen atoms in total. The number of carboxylic acids is 1. The second-order valence-corrected chi connectivity index (χ2v) is 7.05. The lowest BCUT2D eigenvalue weighted by atomic mass is 9.98. The van der Waals surface area contributed by atoms with Crippen LogP contribution in [-0.2, 0) is 14.8 Å². The Morgan fingerprint density at radius 2 is 2.05 bits per heavy atom. The summed E-state index contributed by atoms with van der Waals surface area (Å²) in [5, 5.41) is 9.09. The first-order valence-corrected chi connectivity index (χ1v) is 8.21. The lowest BCUT2D eigenvalue weighted by molar-refractivity contribution is -0.142. The zero-order valence-corrected chi connectivity index (χ0v) is 13.5. The summed E-state index contributed by atoms with van der Waals surface area (Å²) in [5.41, 5.74) is 0. The summed E-state index contributed by atoms with van der Waals surface area (Å²) in [4.78, 5) is 10.6. The Bertz CT molecular complexity index is 630. The first kappa shape index (κ1) is 18.4. The van der Waals surface area contributed by atoms with Crippen LogP contribution in [0.3, 0.4) is 0 Å². The van der Waals surface area contributed by atoms with E-state index in [1.54, 1.807) is 0 Å². The van der Waals surface area contributed by atoms with Crippen LogP contribution in [0.2, 0.25) is 0 Å². The van der Waals surface area contributed by atoms with E-state index in [1.165, 1.54) is 13.2 Å². The fraction of sp³-hybridized carbons (Fsp3) is 0.500. The predicted octanol–water partition coefficient (Wildman–Crippen LogP) is 1.86. The molecule has 0 heterocycles. The zero-order valence-electron chi connectivity index (χ0n) is 12.7. The Balaban J connectivity index is 2.89. The number of ether oxygens (including phenoxy) is 1. The third-order valence-electron chi connectivity index (χ3n) is 3.05. The number of methoxy groups -OCH3 is 1. The average Bonchev–Trinajstić information content (AvgIpc) is 2.42. The van der Waals surface area contributed by atoms with Crippen molar-refractivity contribution in [2.24, 2.45) is 11.8 Å². The van der Waals surface area contributed by atoms with Crippen molar-refractivity contribution in [2.45, 2.75) is 25.2 Å². The zero-order chi connectivity index (χ0) is 16.9. The highest BCUT2D eigenvalue weighted by molar-refractivity contribution is 7.89. The minimum atomic E-state index is -4.12. The Kier molecular flexibility index (Phi) is 6.31. The smallest absolute Gasteiger partial charge is 0.307 e. The van der Waals surface area contributed by atoms with E-state index in [2.05, 4.69) is 4.72 Å². The standard InChI is InChI=1S/C14H20FNO5S/c1-9(2)6-10(14(17)18)8-16-22(19,20)13-5-4-11(21-3)7-12(13)15/h4-5,7,9-10,16H,6,8H2,1-3H3,(H,17,18). The molecule has 0 radical (unpaired) electrons. The van der Waals surface area contributed by atoms with E-state index in [-0.39, 0.29) is 18.2 Å². The van der Waals surface area contributed by atoms with Crippen molar-refractivity contribution >= 4 is 16.0 Å². The largest absolute Gasteiger partial charge is 0.497 e. The maximum Gasteiger partial charge on any atom is 0.307 e. The molecule has 1 aromatic rings. The van der Waals surface area contributed by atoms with Gasteiger partial charge in [0.05, 0.1) is 13.0 Å². The number of halogens is 1. The van der Waals surface area contributed by atoms with Crippen molar-refractivity contribution in [1.82, 2.24) is 4.72 Å².